The molecular formula is C15H15N3O3S. The van der Waals surface area contributed by atoms with E-state index in [4.69, 9.17) is 4.74 Å². The maximum Gasteiger partial charge on any atom is 0.337 e. The molecule has 1 aromatic carbocycles. The van der Waals surface area contributed by atoms with Crippen molar-refractivity contribution in [3.8, 4) is 0 Å². The molecule has 22 heavy (non-hydrogen) atoms. The van der Waals surface area contributed by atoms with Gasteiger partial charge in [0.2, 0.25) is 5.91 Å². The molecule has 1 atom stereocenters. The van der Waals surface area contributed by atoms with Crippen molar-refractivity contribution in [3.63, 3.8) is 0 Å². The normalized spacial score (nSPS) is 16.6. The summed E-state index contributed by atoms with van der Waals surface area (Å²) in [6.07, 6.45) is 0.371. The number of ether oxygens (including phenoxy) is 1. The molecule has 0 radical (unpaired) electrons. The molecule has 1 aliphatic rings. The molecule has 6 nitrogen and oxygen atoms in total. The van der Waals surface area contributed by atoms with Crippen LogP contribution in [0.3, 0.4) is 0 Å². The summed E-state index contributed by atoms with van der Waals surface area (Å²) >= 11 is 1.53. The molecular weight excluding hydrogens is 302 g/mol. The summed E-state index contributed by atoms with van der Waals surface area (Å²) in [7, 11) is 3.15. The molecule has 1 aliphatic heterocycles. The molecule has 0 spiro atoms. The van der Waals surface area contributed by atoms with E-state index in [0.29, 0.717) is 17.8 Å². The summed E-state index contributed by atoms with van der Waals surface area (Å²) in [5.41, 5.74) is 1.47. The van der Waals surface area contributed by atoms with Crippen LogP contribution >= 0.6 is 11.3 Å². The van der Waals surface area contributed by atoms with Crippen molar-refractivity contribution in [2.24, 2.45) is 0 Å². The van der Waals surface area contributed by atoms with Crippen LogP contribution in [0.1, 0.15) is 33.1 Å². The van der Waals surface area contributed by atoms with Crippen LogP contribution in [0.15, 0.2) is 24.3 Å². The maximum atomic E-state index is 11.9. The lowest BCUT2D eigenvalue weighted by Gasteiger charge is -2.21. The number of hydrogen-bond acceptors (Lipinski definition) is 6. The first-order valence-corrected chi connectivity index (χ1v) is 7.60. The van der Waals surface area contributed by atoms with E-state index in [1.165, 1.54) is 18.4 Å². The molecule has 3 rings (SSSR count). The Balaban J connectivity index is 1.96. The average molecular weight is 317 g/mol. The van der Waals surface area contributed by atoms with Crippen LogP contribution in [0.25, 0.3) is 0 Å². The Hall–Kier alpha value is -2.41. The van der Waals surface area contributed by atoms with Gasteiger partial charge < -0.3 is 15.4 Å². The molecule has 2 N–H and O–H groups in total. The number of thiazole rings is 1. The van der Waals surface area contributed by atoms with Crippen molar-refractivity contribution < 1.29 is 14.3 Å². The van der Waals surface area contributed by atoms with Gasteiger partial charge in [-0.2, -0.15) is 0 Å². The summed E-state index contributed by atoms with van der Waals surface area (Å²) in [4.78, 5) is 28.8. The van der Waals surface area contributed by atoms with Crippen molar-refractivity contribution >= 4 is 34.2 Å². The summed E-state index contributed by atoms with van der Waals surface area (Å²) in [5.74, 6) is 0.147. The third kappa shape index (κ3) is 2.55. The minimum absolute atomic E-state index is 0.0463. The molecule has 1 aromatic heterocycles. The number of carbonyl (C=O) groups excluding carboxylic acids is 2. The zero-order chi connectivity index (χ0) is 15.7. The Morgan fingerprint density at radius 1 is 1.41 bits per heavy atom. The Morgan fingerprint density at radius 3 is 2.77 bits per heavy atom. The summed E-state index contributed by atoms with van der Waals surface area (Å²) in [5, 5.41) is 6.56. The second kappa shape index (κ2) is 5.76. The number of methoxy groups -OCH3 is 1. The Kier molecular flexibility index (Phi) is 3.81. The highest BCUT2D eigenvalue weighted by molar-refractivity contribution is 7.16. The van der Waals surface area contributed by atoms with Gasteiger partial charge >= 0.3 is 5.97 Å². The first kappa shape index (κ1) is 14.5. The van der Waals surface area contributed by atoms with E-state index in [9.17, 15) is 9.59 Å². The van der Waals surface area contributed by atoms with Gasteiger partial charge in [-0.05, 0) is 17.7 Å². The number of anilines is 2. The number of fused-ring (bicyclic) bond motifs is 1. The van der Waals surface area contributed by atoms with Gasteiger partial charge in [0.1, 0.15) is 5.82 Å². The largest absolute Gasteiger partial charge is 0.465 e. The smallest absolute Gasteiger partial charge is 0.337 e. The van der Waals surface area contributed by atoms with Crippen LogP contribution in [0.5, 0.6) is 0 Å². The van der Waals surface area contributed by atoms with Crippen LogP contribution in [-0.2, 0) is 9.53 Å². The Labute approximate surface area is 131 Å². The molecule has 2 aromatic rings. The molecule has 114 valence electrons. The average Bonchev–Trinajstić information content (AvgIpc) is 2.96. The predicted molar refractivity (Wildman–Crippen MR) is 84.5 cm³/mol. The molecule has 0 fully saturated rings. The lowest BCUT2D eigenvalue weighted by atomic mass is 9.91. The van der Waals surface area contributed by atoms with Crippen LogP contribution in [-0.4, -0.2) is 31.0 Å². The zero-order valence-electron chi connectivity index (χ0n) is 12.2. The monoisotopic (exact) mass is 317 g/mol. The number of esters is 1. The zero-order valence-corrected chi connectivity index (χ0v) is 13.0. The number of carbonyl (C=O) groups is 2. The fraction of sp³-hybridized carbons (Fsp3) is 0.267. The van der Waals surface area contributed by atoms with Gasteiger partial charge in [-0.1, -0.05) is 23.5 Å². The highest BCUT2D eigenvalue weighted by Crippen LogP contribution is 2.42. The second-order valence-corrected chi connectivity index (χ2v) is 5.93. The second-order valence-electron chi connectivity index (χ2n) is 4.90. The number of amides is 1. The van der Waals surface area contributed by atoms with Gasteiger partial charge in [0.05, 0.1) is 17.6 Å². The highest BCUT2D eigenvalue weighted by atomic mass is 32.1. The Bertz CT molecular complexity index is 724. The van der Waals surface area contributed by atoms with Gasteiger partial charge in [0.15, 0.2) is 5.13 Å². The molecule has 1 amide bonds. The van der Waals surface area contributed by atoms with Crippen molar-refractivity contribution in [2.75, 3.05) is 24.8 Å². The van der Waals surface area contributed by atoms with Crippen LogP contribution in [0.2, 0.25) is 0 Å². The van der Waals surface area contributed by atoms with Gasteiger partial charge in [-0.25, -0.2) is 9.78 Å². The number of benzene rings is 1. The highest BCUT2D eigenvalue weighted by Gasteiger charge is 2.30. The molecule has 0 aliphatic carbocycles. The van der Waals surface area contributed by atoms with Crippen LogP contribution in [0.4, 0.5) is 10.9 Å². The van der Waals surface area contributed by atoms with E-state index in [0.717, 1.165) is 15.6 Å². The summed E-state index contributed by atoms with van der Waals surface area (Å²) < 4.78 is 4.69. The standard InChI is InChI=1S/C15H15N3O3S/c1-16-15-18-13-12(22-15)10(7-11(19)17-13)8-3-5-9(6-4-8)14(20)21-2/h3-6,10H,7H2,1-2H3,(H,16,18)(H,17,19). The predicted octanol–water partition coefficient (Wildman–Crippen LogP) is 2.45. The van der Waals surface area contributed by atoms with Gasteiger partial charge in [0.25, 0.3) is 0 Å². The minimum Gasteiger partial charge on any atom is -0.465 e. The first-order chi connectivity index (χ1) is 10.6. The van der Waals surface area contributed by atoms with Crippen molar-refractivity contribution in [3.05, 3.63) is 40.3 Å². The number of hydrogen-bond donors (Lipinski definition) is 2. The van der Waals surface area contributed by atoms with E-state index >= 15 is 0 Å². The van der Waals surface area contributed by atoms with E-state index in [-0.39, 0.29) is 17.8 Å². The molecule has 7 heteroatoms. The first-order valence-electron chi connectivity index (χ1n) is 6.79. The van der Waals surface area contributed by atoms with E-state index in [2.05, 4.69) is 15.6 Å². The van der Waals surface area contributed by atoms with Gasteiger partial charge in [-0.3, -0.25) is 4.79 Å². The van der Waals surface area contributed by atoms with Crippen LogP contribution in [0, 0.1) is 0 Å². The van der Waals surface area contributed by atoms with Crippen molar-refractivity contribution in [1.29, 1.82) is 0 Å². The lowest BCUT2D eigenvalue weighted by Crippen LogP contribution is -2.22. The van der Waals surface area contributed by atoms with Crippen molar-refractivity contribution in [1.82, 2.24) is 4.98 Å². The van der Waals surface area contributed by atoms with E-state index in [1.807, 2.05) is 12.1 Å². The molecule has 2 heterocycles. The van der Waals surface area contributed by atoms with E-state index in [1.54, 1.807) is 19.2 Å². The molecule has 1 unspecified atom stereocenters. The van der Waals surface area contributed by atoms with Crippen LogP contribution < -0.4 is 10.6 Å². The quantitative estimate of drug-likeness (QED) is 0.850. The number of rotatable bonds is 3. The summed E-state index contributed by atoms with van der Waals surface area (Å²) in [6.45, 7) is 0. The lowest BCUT2D eigenvalue weighted by molar-refractivity contribution is -0.116. The topological polar surface area (TPSA) is 80.3 Å². The third-order valence-corrected chi connectivity index (χ3v) is 4.75. The van der Waals surface area contributed by atoms with Crippen molar-refractivity contribution in [2.45, 2.75) is 12.3 Å². The Morgan fingerprint density at radius 2 is 2.14 bits per heavy atom. The minimum atomic E-state index is -0.371. The fourth-order valence-corrected chi connectivity index (χ4v) is 3.47. The van der Waals surface area contributed by atoms with Gasteiger partial charge in [0, 0.05) is 19.4 Å². The number of aromatic nitrogens is 1. The fourth-order valence-electron chi connectivity index (χ4n) is 2.46. The molecule has 0 saturated heterocycles. The number of nitrogens with zero attached hydrogens (tertiary/aromatic N) is 1. The van der Waals surface area contributed by atoms with E-state index < -0.39 is 0 Å². The molecule has 0 saturated carbocycles. The summed E-state index contributed by atoms with van der Waals surface area (Å²) in [6, 6.07) is 7.15. The SMILES string of the molecule is CNc1nc2c(s1)C(c1ccc(C(=O)OC)cc1)CC(=O)N2. The van der Waals surface area contributed by atoms with Gasteiger partial charge in [-0.15, -0.1) is 0 Å². The third-order valence-electron chi connectivity index (χ3n) is 3.57. The maximum absolute atomic E-state index is 11.9. The molecule has 0 bridgehead atoms. The number of nitrogens with one attached hydrogen (secondary N) is 2.